The molecule has 0 radical (unpaired) electrons. The zero-order chi connectivity index (χ0) is 22.2. The Balaban J connectivity index is 1.54. The van der Waals surface area contributed by atoms with Gasteiger partial charge in [-0.15, -0.1) is 0 Å². The first-order valence-electron chi connectivity index (χ1n) is 10.1. The van der Waals surface area contributed by atoms with Crippen LogP contribution < -0.4 is 11.1 Å². The third-order valence-electron chi connectivity index (χ3n) is 4.75. The van der Waals surface area contributed by atoms with E-state index in [9.17, 15) is 9.59 Å². The normalized spacial score (nSPS) is 10.8. The molecule has 0 bridgehead atoms. The predicted octanol–water partition coefficient (Wildman–Crippen LogP) is 2.49. The number of hydrogen-bond acceptors (Lipinski definition) is 6. The van der Waals surface area contributed by atoms with Gasteiger partial charge in [0.05, 0.1) is 18.5 Å². The lowest BCUT2D eigenvalue weighted by atomic mass is 10.2. The summed E-state index contributed by atoms with van der Waals surface area (Å²) in [5.41, 5.74) is 8.65. The molecule has 3 aromatic rings. The first kappa shape index (κ1) is 22.0. The average Bonchev–Trinajstić information content (AvgIpc) is 3.16. The van der Waals surface area contributed by atoms with E-state index in [1.54, 1.807) is 31.2 Å². The maximum atomic E-state index is 12.4. The highest BCUT2D eigenvalue weighted by molar-refractivity contribution is 5.95. The summed E-state index contributed by atoms with van der Waals surface area (Å²) in [6, 6.07) is 17.1. The molecule has 1 amide bonds. The lowest BCUT2D eigenvalue weighted by Crippen LogP contribution is -2.32. The molecule has 3 N–H and O–H groups in total. The molecular weight excluding hydrogens is 394 g/mol. The van der Waals surface area contributed by atoms with Gasteiger partial charge in [-0.1, -0.05) is 30.3 Å². The second-order valence-corrected chi connectivity index (χ2v) is 7.10. The van der Waals surface area contributed by atoms with Crippen molar-refractivity contribution in [3.8, 4) is 5.69 Å². The number of ether oxygens (including phenoxy) is 1. The summed E-state index contributed by atoms with van der Waals surface area (Å²) < 4.78 is 6.40. The Morgan fingerprint density at radius 1 is 1.13 bits per heavy atom. The van der Waals surface area contributed by atoms with Crippen LogP contribution in [0.3, 0.4) is 0 Å². The number of nitrogens with one attached hydrogen (secondary N) is 1. The van der Waals surface area contributed by atoms with Crippen molar-refractivity contribution in [2.75, 3.05) is 32.5 Å². The van der Waals surface area contributed by atoms with E-state index in [1.807, 2.05) is 25.2 Å². The monoisotopic (exact) mass is 421 g/mol. The van der Waals surface area contributed by atoms with Crippen LogP contribution in [0.5, 0.6) is 0 Å². The summed E-state index contributed by atoms with van der Waals surface area (Å²) in [6.07, 6.45) is 1.37. The molecule has 8 heteroatoms. The number of carbonyl (C=O) groups is 2. The number of nitrogens with zero attached hydrogens (tertiary/aromatic N) is 3. The molecule has 31 heavy (non-hydrogen) atoms. The quantitative estimate of drug-likeness (QED) is 0.515. The van der Waals surface area contributed by atoms with Crippen molar-refractivity contribution in [2.45, 2.75) is 13.5 Å². The van der Waals surface area contributed by atoms with Gasteiger partial charge < -0.3 is 20.7 Å². The van der Waals surface area contributed by atoms with Gasteiger partial charge in [0.2, 0.25) is 0 Å². The number of nitrogens with two attached hydrogens (primary N) is 1. The van der Waals surface area contributed by atoms with E-state index in [1.165, 1.54) is 16.4 Å². The number of esters is 1. The number of benzene rings is 2. The Labute approximate surface area is 181 Å². The summed E-state index contributed by atoms with van der Waals surface area (Å²) >= 11 is 0. The summed E-state index contributed by atoms with van der Waals surface area (Å²) in [6.45, 7) is 4.08. The third kappa shape index (κ3) is 5.70. The van der Waals surface area contributed by atoms with Crippen molar-refractivity contribution < 1.29 is 14.3 Å². The maximum Gasteiger partial charge on any atom is 0.343 e. The zero-order valence-corrected chi connectivity index (χ0v) is 17.7. The highest BCUT2D eigenvalue weighted by Gasteiger charge is 2.17. The smallest absolute Gasteiger partial charge is 0.343 e. The van der Waals surface area contributed by atoms with Crippen molar-refractivity contribution in [1.29, 1.82) is 0 Å². The van der Waals surface area contributed by atoms with Crippen molar-refractivity contribution in [3.05, 3.63) is 77.5 Å². The highest BCUT2D eigenvalue weighted by Crippen LogP contribution is 2.18. The van der Waals surface area contributed by atoms with Crippen molar-refractivity contribution in [3.63, 3.8) is 0 Å². The van der Waals surface area contributed by atoms with E-state index >= 15 is 0 Å². The van der Waals surface area contributed by atoms with Gasteiger partial charge in [0.25, 0.3) is 5.91 Å². The Morgan fingerprint density at radius 2 is 1.84 bits per heavy atom. The summed E-state index contributed by atoms with van der Waals surface area (Å²) in [5.74, 6) is -0.475. The summed E-state index contributed by atoms with van der Waals surface area (Å²) in [5, 5.41) is 7.08. The van der Waals surface area contributed by atoms with Crippen molar-refractivity contribution in [1.82, 2.24) is 20.0 Å². The van der Waals surface area contributed by atoms with Crippen LogP contribution in [0.25, 0.3) is 5.69 Å². The number of nitrogen functional groups attached to an aromatic ring is 1. The molecule has 0 saturated carbocycles. The number of likely N-dealkylation sites (N-methyl/N-ethyl adjacent to an activating group) is 1. The minimum atomic E-state index is -0.514. The highest BCUT2D eigenvalue weighted by atomic mass is 16.5. The fraction of sp³-hybridized carbons (Fsp3) is 0.261. The standard InChI is InChI=1S/C23H27N5O3/c1-3-31-23(30)20-15-26-28(21(20)24)19-11-9-18(10-12-19)22(29)25-13-14-27(2)16-17-7-5-4-6-8-17/h4-12,15H,3,13-14,16,24H2,1-2H3,(H,25,29). The van der Waals surface area contributed by atoms with Gasteiger partial charge >= 0.3 is 5.97 Å². The first-order valence-corrected chi connectivity index (χ1v) is 10.1. The molecule has 0 unspecified atom stereocenters. The van der Waals surface area contributed by atoms with E-state index in [4.69, 9.17) is 10.5 Å². The number of rotatable bonds is 9. The molecule has 1 aromatic heterocycles. The molecule has 0 atom stereocenters. The molecule has 8 nitrogen and oxygen atoms in total. The molecule has 0 spiro atoms. The van der Waals surface area contributed by atoms with Crippen molar-refractivity contribution in [2.24, 2.45) is 0 Å². The molecule has 0 aliphatic rings. The van der Waals surface area contributed by atoms with Crippen LogP contribution in [0.2, 0.25) is 0 Å². The van der Waals surface area contributed by atoms with E-state index in [0.29, 0.717) is 17.8 Å². The van der Waals surface area contributed by atoms with Crippen LogP contribution in [0.4, 0.5) is 5.82 Å². The molecular formula is C23H27N5O3. The molecule has 0 saturated heterocycles. The molecule has 162 valence electrons. The van der Waals surface area contributed by atoms with Crippen LogP contribution in [0.1, 0.15) is 33.2 Å². The number of anilines is 1. The van der Waals surface area contributed by atoms with Crippen LogP contribution in [-0.4, -0.2) is 53.3 Å². The van der Waals surface area contributed by atoms with Gasteiger partial charge in [0.15, 0.2) is 0 Å². The predicted molar refractivity (Wildman–Crippen MR) is 119 cm³/mol. The number of aromatic nitrogens is 2. The molecule has 0 aliphatic carbocycles. The lowest BCUT2D eigenvalue weighted by molar-refractivity contribution is 0.0527. The maximum absolute atomic E-state index is 12.4. The third-order valence-corrected chi connectivity index (χ3v) is 4.75. The minimum Gasteiger partial charge on any atom is -0.462 e. The van der Waals surface area contributed by atoms with Gasteiger partial charge in [-0.05, 0) is 43.8 Å². The molecule has 0 aliphatic heterocycles. The Hall–Kier alpha value is -3.65. The fourth-order valence-electron chi connectivity index (χ4n) is 3.12. The molecule has 0 fully saturated rings. The second-order valence-electron chi connectivity index (χ2n) is 7.10. The zero-order valence-electron chi connectivity index (χ0n) is 17.7. The summed E-state index contributed by atoms with van der Waals surface area (Å²) in [7, 11) is 2.02. The molecule has 2 aromatic carbocycles. The van der Waals surface area contributed by atoms with E-state index in [-0.39, 0.29) is 23.9 Å². The van der Waals surface area contributed by atoms with E-state index < -0.39 is 5.97 Å². The Morgan fingerprint density at radius 3 is 2.52 bits per heavy atom. The Kier molecular flexibility index (Phi) is 7.40. The van der Waals surface area contributed by atoms with E-state index in [0.717, 1.165) is 13.1 Å². The largest absolute Gasteiger partial charge is 0.462 e. The number of hydrogen-bond donors (Lipinski definition) is 2. The Bertz CT molecular complexity index is 1020. The van der Waals surface area contributed by atoms with E-state index in [2.05, 4.69) is 27.4 Å². The fourth-order valence-corrected chi connectivity index (χ4v) is 3.12. The second kappa shape index (κ2) is 10.4. The van der Waals surface area contributed by atoms with Crippen LogP contribution >= 0.6 is 0 Å². The van der Waals surface area contributed by atoms with Crippen LogP contribution in [-0.2, 0) is 11.3 Å². The van der Waals surface area contributed by atoms with Gasteiger partial charge in [0.1, 0.15) is 11.4 Å². The van der Waals surface area contributed by atoms with Crippen LogP contribution in [0, 0.1) is 0 Å². The summed E-state index contributed by atoms with van der Waals surface area (Å²) in [4.78, 5) is 26.5. The lowest BCUT2D eigenvalue weighted by Gasteiger charge is -2.17. The molecule has 1 heterocycles. The minimum absolute atomic E-state index is 0.152. The van der Waals surface area contributed by atoms with Gasteiger partial charge in [-0.3, -0.25) is 4.79 Å². The van der Waals surface area contributed by atoms with Gasteiger partial charge in [-0.2, -0.15) is 5.10 Å². The number of carbonyl (C=O) groups excluding carboxylic acids is 2. The topological polar surface area (TPSA) is 102 Å². The SMILES string of the molecule is CCOC(=O)c1cnn(-c2ccc(C(=O)NCCN(C)Cc3ccccc3)cc2)c1N. The average molecular weight is 422 g/mol. The van der Waals surface area contributed by atoms with Crippen molar-refractivity contribution >= 4 is 17.7 Å². The van der Waals surface area contributed by atoms with Crippen LogP contribution in [0.15, 0.2) is 60.8 Å². The molecule has 3 rings (SSSR count). The number of amides is 1. The van der Waals surface area contributed by atoms with Gasteiger partial charge in [0, 0.05) is 25.2 Å². The first-order chi connectivity index (χ1) is 15.0. The van der Waals surface area contributed by atoms with Gasteiger partial charge in [-0.25, -0.2) is 9.48 Å².